The highest BCUT2D eigenvalue weighted by Gasteiger charge is 2.19. The largest absolute Gasteiger partial charge is 0.326 e. The van der Waals surface area contributed by atoms with Gasteiger partial charge in [-0.15, -0.1) is 0 Å². The van der Waals surface area contributed by atoms with Crippen LogP contribution in [-0.2, 0) is 16.0 Å². The molecule has 154 valence electrons. The van der Waals surface area contributed by atoms with Crippen molar-refractivity contribution in [3.63, 3.8) is 0 Å². The van der Waals surface area contributed by atoms with E-state index in [9.17, 15) is 14.0 Å². The number of pyridine rings is 2. The molecule has 0 aliphatic heterocycles. The highest BCUT2D eigenvalue weighted by atomic mass is 35.5. The highest BCUT2D eigenvalue weighted by molar-refractivity contribution is 6.31. The maximum Gasteiger partial charge on any atom is 0.229 e. The van der Waals surface area contributed by atoms with Crippen LogP contribution in [0.5, 0.6) is 0 Å². The minimum absolute atomic E-state index is 0.0747. The quantitative estimate of drug-likeness (QED) is 0.638. The van der Waals surface area contributed by atoms with Crippen molar-refractivity contribution >= 4 is 40.6 Å². The fourth-order valence-corrected chi connectivity index (χ4v) is 3.18. The second-order valence-corrected chi connectivity index (χ2v) is 7.19. The van der Waals surface area contributed by atoms with Crippen molar-refractivity contribution in [1.82, 2.24) is 9.97 Å². The van der Waals surface area contributed by atoms with Crippen LogP contribution in [0.4, 0.5) is 21.6 Å². The first-order valence-corrected chi connectivity index (χ1v) is 9.57. The molecular weight excluding hydrogens is 407 g/mol. The highest BCUT2D eigenvalue weighted by Crippen LogP contribution is 2.29. The monoisotopic (exact) mass is 426 g/mol. The van der Waals surface area contributed by atoms with Gasteiger partial charge in [0.25, 0.3) is 0 Å². The summed E-state index contributed by atoms with van der Waals surface area (Å²) in [7, 11) is 0. The number of hydrogen-bond donors (Lipinski definition) is 1. The summed E-state index contributed by atoms with van der Waals surface area (Å²) in [6.45, 7) is 5.13. The van der Waals surface area contributed by atoms with Crippen molar-refractivity contribution < 1.29 is 14.0 Å². The fraction of sp³-hybridized carbons (Fsp3) is 0.182. The smallest absolute Gasteiger partial charge is 0.229 e. The van der Waals surface area contributed by atoms with E-state index in [-0.39, 0.29) is 23.3 Å². The number of hydrogen-bond acceptors (Lipinski definition) is 4. The van der Waals surface area contributed by atoms with Crippen LogP contribution >= 0.6 is 11.6 Å². The molecule has 2 aromatic heterocycles. The number of aryl methyl sites for hydroxylation is 2. The van der Waals surface area contributed by atoms with Crippen LogP contribution in [0.3, 0.4) is 0 Å². The summed E-state index contributed by atoms with van der Waals surface area (Å²) >= 11 is 5.92. The van der Waals surface area contributed by atoms with E-state index < -0.39 is 5.82 Å². The van der Waals surface area contributed by atoms with E-state index in [0.717, 1.165) is 11.3 Å². The van der Waals surface area contributed by atoms with Gasteiger partial charge in [0.15, 0.2) is 0 Å². The Morgan fingerprint density at radius 1 is 1.17 bits per heavy atom. The lowest BCUT2D eigenvalue weighted by molar-refractivity contribution is -0.116. The van der Waals surface area contributed by atoms with Gasteiger partial charge >= 0.3 is 0 Å². The second kappa shape index (κ2) is 9.00. The van der Waals surface area contributed by atoms with Gasteiger partial charge in [-0.2, -0.15) is 0 Å². The number of amides is 2. The molecule has 0 radical (unpaired) electrons. The first-order chi connectivity index (χ1) is 14.3. The molecule has 1 N–H and O–H groups in total. The summed E-state index contributed by atoms with van der Waals surface area (Å²) in [5, 5.41) is 2.66. The number of nitrogens with zero attached hydrogens (tertiary/aromatic N) is 3. The Labute approximate surface area is 178 Å². The Morgan fingerprint density at radius 3 is 2.67 bits per heavy atom. The van der Waals surface area contributed by atoms with Gasteiger partial charge in [-0.3, -0.25) is 19.5 Å². The molecule has 2 amide bonds. The lowest BCUT2D eigenvalue weighted by Gasteiger charge is -2.23. The first-order valence-electron chi connectivity index (χ1n) is 9.19. The van der Waals surface area contributed by atoms with Gasteiger partial charge in [-0.25, -0.2) is 9.37 Å². The molecule has 0 spiro atoms. The standard InChI is InChI=1S/C22H20ClFN4O2/c1-13-12-26-14(2)9-19(13)28(15(3)29)20-11-17(7-8-25-20)27-21(30)10-16-5-4-6-18(24)22(16)23/h4-9,11-12H,10H2,1-3H3,(H,25,27,30). The van der Waals surface area contributed by atoms with E-state index in [4.69, 9.17) is 11.6 Å². The molecule has 0 unspecified atom stereocenters. The Morgan fingerprint density at radius 2 is 1.93 bits per heavy atom. The summed E-state index contributed by atoms with van der Waals surface area (Å²) < 4.78 is 13.6. The Balaban J connectivity index is 1.85. The number of rotatable bonds is 5. The van der Waals surface area contributed by atoms with Crippen LogP contribution in [0.25, 0.3) is 0 Å². The van der Waals surface area contributed by atoms with Crippen LogP contribution in [0, 0.1) is 19.7 Å². The maximum absolute atomic E-state index is 13.6. The van der Waals surface area contributed by atoms with Crippen LogP contribution in [0.15, 0.2) is 48.8 Å². The van der Waals surface area contributed by atoms with E-state index in [2.05, 4.69) is 15.3 Å². The zero-order chi connectivity index (χ0) is 21.8. The molecule has 8 heteroatoms. The zero-order valence-electron chi connectivity index (χ0n) is 16.7. The number of aromatic nitrogens is 2. The Hall–Kier alpha value is -3.32. The summed E-state index contributed by atoms with van der Waals surface area (Å²) in [5.41, 5.74) is 3.08. The van der Waals surface area contributed by atoms with E-state index in [1.165, 1.54) is 30.2 Å². The molecular formula is C22H20ClFN4O2. The minimum atomic E-state index is -0.576. The molecule has 2 heterocycles. The normalized spacial score (nSPS) is 10.6. The van der Waals surface area contributed by atoms with Crippen LogP contribution in [0.2, 0.25) is 5.02 Å². The fourth-order valence-electron chi connectivity index (χ4n) is 2.99. The molecule has 0 atom stereocenters. The number of anilines is 3. The molecule has 3 rings (SSSR count). The average Bonchev–Trinajstić information content (AvgIpc) is 2.68. The van der Waals surface area contributed by atoms with E-state index >= 15 is 0 Å². The molecule has 0 saturated carbocycles. The van der Waals surface area contributed by atoms with Gasteiger partial charge in [0.1, 0.15) is 11.6 Å². The van der Waals surface area contributed by atoms with Crippen molar-refractivity contribution in [3.05, 3.63) is 76.5 Å². The Kier molecular flexibility index (Phi) is 6.42. The minimum Gasteiger partial charge on any atom is -0.326 e. The lowest BCUT2D eigenvalue weighted by atomic mass is 10.1. The number of halogens is 2. The van der Waals surface area contributed by atoms with Crippen LogP contribution < -0.4 is 10.2 Å². The molecule has 0 aliphatic rings. The van der Waals surface area contributed by atoms with Crippen molar-refractivity contribution in [2.45, 2.75) is 27.2 Å². The zero-order valence-corrected chi connectivity index (χ0v) is 17.5. The van der Waals surface area contributed by atoms with Gasteiger partial charge in [0, 0.05) is 36.8 Å². The predicted molar refractivity (Wildman–Crippen MR) is 115 cm³/mol. The van der Waals surface area contributed by atoms with Crippen molar-refractivity contribution in [2.75, 3.05) is 10.2 Å². The van der Waals surface area contributed by atoms with E-state index in [1.807, 2.05) is 13.8 Å². The van der Waals surface area contributed by atoms with Gasteiger partial charge in [0.05, 0.1) is 17.1 Å². The summed E-state index contributed by atoms with van der Waals surface area (Å²) in [4.78, 5) is 34.8. The topological polar surface area (TPSA) is 75.2 Å². The molecule has 0 aliphatic carbocycles. The molecule has 6 nitrogen and oxygen atoms in total. The number of carbonyl (C=O) groups excluding carboxylic acids is 2. The third-order valence-electron chi connectivity index (χ3n) is 4.41. The number of carbonyl (C=O) groups is 2. The van der Waals surface area contributed by atoms with Crippen LogP contribution in [0.1, 0.15) is 23.7 Å². The third kappa shape index (κ3) is 4.80. The molecule has 0 bridgehead atoms. The lowest BCUT2D eigenvalue weighted by Crippen LogP contribution is -2.25. The first kappa shape index (κ1) is 21.4. The summed E-state index contributed by atoms with van der Waals surface area (Å²) in [6, 6.07) is 9.33. The summed E-state index contributed by atoms with van der Waals surface area (Å²) in [6.07, 6.45) is 3.10. The van der Waals surface area contributed by atoms with E-state index in [1.54, 1.807) is 30.5 Å². The average molecular weight is 427 g/mol. The molecule has 30 heavy (non-hydrogen) atoms. The molecule has 3 aromatic rings. The summed E-state index contributed by atoms with van der Waals surface area (Å²) in [5.74, 6) is -0.817. The number of benzene rings is 1. The predicted octanol–water partition coefficient (Wildman–Crippen LogP) is 4.75. The number of nitrogens with one attached hydrogen (secondary N) is 1. The third-order valence-corrected chi connectivity index (χ3v) is 4.83. The van der Waals surface area contributed by atoms with Crippen LogP contribution in [-0.4, -0.2) is 21.8 Å². The molecule has 0 saturated heterocycles. The molecule has 0 fully saturated rings. The van der Waals surface area contributed by atoms with Crippen molar-refractivity contribution in [1.29, 1.82) is 0 Å². The molecule has 1 aromatic carbocycles. The second-order valence-electron chi connectivity index (χ2n) is 6.81. The van der Waals surface area contributed by atoms with Gasteiger partial charge in [-0.05, 0) is 43.2 Å². The van der Waals surface area contributed by atoms with E-state index in [0.29, 0.717) is 22.8 Å². The maximum atomic E-state index is 13.6. The SMILES string of the molecule is CC(=O)N(c1cc(NC(=O)Cc2cccc(F)c2Cl)ccn1)c1cc(C)ncc1C. The van der Waals surface area contributed by atoms with Crippen molar-refractivity contribution in [3.8, 4) is 0 Å². The Bertz CT molecular complexity index is 1120. The van der Waals surface area contributed by atoms with Gasteiger partial charge < -0.3 is 5.32 Å². The van der Waals surface area contributed by atoms with Crippen molar-refractivity contribution in [2.24, 2.45) is 0 Å². The van der Waals surface area contributed by atoms with Gasteiger partial charge in [-0.1, -0.05) is 23.7 Å². The van der Waals surface area contributed by atoms with Gasteiger partial charge in [0.2, 0.25) is 11.8 Å².